The molecule has 2 fully saturated rings. The Morgan fingerprint density at radius 2 is 1.27 bits per heavy atom. The van der Waals surface area contributed by atoms with Gasteiger partial charge in [0.05, 0.1) is 18.0 Å². The molecule has 6 rings (SSSR count). The van der Waals surface area contributed by atoms with Gasteiger partial charge in [0.25, 0.3) is 11.8 Å². The largest absolute Gasteiger partial charge is 0.465 e. The zero-order valence-electron chi connectivity index (χ0n) is 26.8. The maximum absolute atomic E-state index is 12.6. The highest BCUT2D eigenvalue weighted by Crippen LogP contribution is 2.39. The predicted octanol–water partition coefficient (Wildman–Crippen LogP) is 3.05. The second kappa shape index (κ2) is 14.9. The lowest BCUT2D eigenvalue weighted by molar-refractivity contribution is -0.140. The molecule has 0 saturated carbocycles. The number of carbonyl (C=O) groups excluding carboxylic acids is 3. The van der Waals surface area contributed by atoms with Crippen LogP contribution < -0.4 is 10.6 Å². The molecule has 0 aliphatic carbocycles. The van der Waals surface area contributed by atoms with Crippen LogP contribution in [0.3, 0.4) is 0 Å². The van der Waals surface area contributed by atoms with Crippen LogP contribution in [0, 0.1) is 10.8 Å². The molecular formula is C32H47IN6O6. The van der Waals surface area contributed by atoms with Crippen molar-refractivity contribution in [3.05, 3.63) is 33.9 Å². The third kappa shape index (κ3) is 7.56. The topological polar surface area (TPSA) is 139 Å². The lowest BCUT2D eigenvalue weighted by Gasteiger charge is -2.36. The van der Waals surface area contributed by atoms with Gasteiger partial charge in [-0.05, 0) is 63.2 Å². The van der Waals surface area contributed by atoms with Crippen LogP contribution in [0.1, 0.15) is 89.9 Å². The maximum Gasteiger partial charge on any atom is 0.302 e. The molecule has 13 heteroatoms. The smallest absolute Gasteiger partial charge is 0.302 e. The first kappa shape index (κ1) is 33.8. The third-order valence-electron chi connectivity index (χ3n) is 9.73. The molecule has 2 spiro atoms. The van der Waals surface area contributed by atoms with Crippen LogP contribution in [-0.2, 0) is 57.8 Å². The van der Waals surface area contributed by atoms with E-state index in [-0.39, 0.29) is 28.6 Å². The summed E-state index contributed by atoms with van der Waals surface area (Å²) in [5.74, 6) is -0.307. The molecule has 248 valence electrons. The van der Waals surface area contributed by atoms with E-state index in [9.17, 15) is 14.4 Å². The second-order valence-electron chi connectivity index (χ2n) is 12.7. The number of carbonyl (C=O) groups is 3. The summed E-state index contributed by atoms with van der Waals surface area (Å²) in [7, 11) is 0. The van der Waals surface area contributed by atoms with Gasteiger partial charge in [-0.2, -0.15) is 10.2 Å². The van der Waals surface area contributed by atoms with E-state index in [1.165, 1.54) is 12.5 Å². The Morgan fingerprint density at radius 1 is 0.822 bits per heavy atom. The van der Waals surface area contributed by atoms with E-state index in [0.717, 1.165) is 112 Å². The number of nitrogens with zero attached hydrogens (tertiary/aromatic N) is 4. The normalized spacial score (nSPS) is 20.2. The highest BCUT2D eigenvalue weighted by atomic mass is 127. The minimum absolute atomic E-state index is 0.0386. The van der Waals surface area contributed by atoms with Gasteiger partial charge < -0.3 is 24.8 Å². The van der Waals surface area contributed by atoms with Gasteiger partial charge in [-0.15, -0.1) is 0 Å². The average Bonchev–Trinajstić information content (AvgIpc) is 3.47. The van der Waals surface area contributed by atoms with Crippen LogP contribution in [0.5, 0.6) is 0 Å². The van der Waals surface area contributed by atoms with Crippen molar-refractivity contribution in [1.29, 1.82) is 0 Å². The summed E-state index contributed by atoms with van der Waals surface area (Å²) in [4.78, 5) is 36.1. The van der Waals surface area contributed by atoms with Gasteiger partial charge in [0.15, 0.2) is 0 Å². The first-order chi connectivity index (χ1) is 21.7. The molecule has 2 amide bonds. The summed E-state index contributed by atoms with van der Waals surface area (Å²) >= 11 is 2.38. The zero-order chi connectivity index (χ0) is 32.0. The van der Waals surface area contributed by atoms with Crippen LogP contribution in [-0.4, -0.2) is 87.9 Å². The maximum atomic E-state index is 12.6. The number of ether oxygens (including phenoxy) is 3. The summed E-state index contributed by atoms with van der Waals surface area (Å²) in [6.45, 7) is 11.6. The van der Waals surface area contributed by atoms with Gasteiger partial charge >= 0.3 is 5.97 Å². The molecule has 4 aliphatic heterocycles. The van der Waals surface area contributed by atoms with E-state index >= 15 is 0 Å². The van der Waals surface area contributed by atoms with E-state index in [2.05, 4.69) is 43.4 Å². The summed E-state index contributed by atoms with van der Waals surface area (Å²) in [6.07, 6.45) is 7.17. The molecule has 2 aromatic heterocycles. The number of rotatable bonds is 7. The van der Waals surface area contributed by atoms with Crippen molar-refractivity contribution >= 4 is 40.4 Å². The van der Waals surface area contributed by atoms with Crippen LogP contribution in [0.25, 0.3) is 0 Å². The number of esters is 1. The van der Waals surface area contributed by atoms with Crippen molar-refractivity contribution in [3.63, 3.8) is 0 Å². The molecule has 6 heterocycles. The Labute approximate surface area is 278 Å². The molecule has 12 nitrogen and oxygen atoms in total. The molecule has 45 heavy (non-hydrogen) atoms. The Bertz CT molecular complexity index is 1370. The van der Waals surface area contributed by atoms with E-state index in [1.54, 1.807) is 4.68 Å². The molecule has 4 aliphatic rings. The molecule has 2 N–H and O–H groups in total. The van der Waals surface area contributed by atoms with E-state index in [4.69, 9.17) is 14.2 Å². The van der Waals surface area contributed by atoms with Gasteiger partial charge in [0, 0.05) is 87.9 Å². The first-order valence-electron chi connectivity index (χ1n) is 16.3. The first-order valence-corrected chi connectivity index (χ1v) is 17.8. The van der Waals surface area contributed by atoms with Crippen molar-refractivity contribution in [2.45, 2.75) is 85.2 Å². The van der Waals surface area contributed by atoms with Crippen molar-refractivity contribution in [3.8, 4) is 0 Å². The number of aromatic nitrogens is 4. The van der Waals surface area contributed by atoms with Crippen molar-refractivity contribution in [2.75, 3.05) is 50.6 Å². The number of hydrogen-bond donors (Lipinski definition) is 2. The quantitative estimate of drug-likeness (QED) is 0.251. The lowest BCUT2D eigenvalue weighted by atomic mass is 9.75. The van der Waals surface area contributed by atoms with Crippen LogP contribution >= 0.6 is 22.6 Å². The molecule has 0 bridgehead atoms. The van der Waals surface area contributed by atoms with Gasteiger partial charge in [-0.3, -0.25) is 23.7 Å². The monoisotopic (exact) mass is 738 g/mol. The van der Waals surface area contributed by atoms with Gasteiger partial charge in [0.1, 0.15) is 11.4 Å². The molecule has 2 aromatic rings. The third-order valence-corrected chi connectivity index (χ3v) is 10.3. The SMILES string of the molecule is CCn1nc(CCI)c2c1C(=O)NCC1(CCOCC1)C2.CCn1nc(CCOC(C)=O)c2c1C(=O)NCC1(CCOCC1)C2. The van der Waals surface area contributed by atoms with Gasteiger partial charge in [0.2, 0.25) is 0 Å². The Balaban J connectivity index is 0.000000179. The average molecular weight is 739 g/mol. The Morgan fingerprint density at radius 3 is 1.67 bits per heavy atom. The minimum atomic E-state index is -0.297. The number of aryl methyl sites for hydroxylation is 3. The number of fused-ring (bicyclic) bond motifs is 2. The highest BCUT2D eigenvalue weighted by Gasteiger charge is 2.41. The van der Waals surface area contributed by atoms with Crippen molar-refractivity contribution in [1.82, 2.24) is 30.2 Å². The molecular weight excluding hydrogens is 691 g/mol. The molecule has 0 aromatic carbocycles. The fourth-order valence-corrected chi connectivity index (χ4v) is 7.62. The van der Waals surface area contributed by atoms with Gasteiger partial charge in [-0.1, -0.05) is 22.6 Å². The number of nitrogens with one attached hydrogen (secondary N) is 2. The standard InChI is InChI=1S/C17H25N3O4.C15H22IN3O2/c1-3-20-15-13(14(19-20)4-7-24-12(2)21)10-17(11-18-16(15)22)5-8-23-9-6-17;1-2-19-13-11(12(18-19)3-6-16)9-15(10-17-14(13)20)4-7-21-8-5-15/h3-11H2,1-2H3,(H,18,22);2-10H2,1H3,(H,17,20). The second-order valence-corrected chi connectivity index (χ2v) is 13.7. The predicted molar refractivity (Wildman–Crippen MR) is 176 cm³/mol. The molecule has 2 saturated heterocycles. The Hall–Kier alpha value is -2.52. The summed E-state index contributed by atoms with van der Waals surface area (Å²) in [5.41, 5.74) is 5.84. The summed E-state index contributed by atoms with van der Waals surface area (Å²) in [6, 6.07) is 0. The number of alkyl halides is 1. The van der Waals surface area contributed by atoms with E-state index in [1.807, 2.05) is 18.5 Å². The fourth-order valence-electron chi connectivity index (χ4n) is 7.11. The molecule has 0 radical (unpaired) electrons. The van der Waals surface area contributed by atoms with Crippen molar-refractivity contribution in [2.24, 2.45) is 10.8 Å². The van der Waals surface area contributed by atoms with Crippen molar-refractivity contribution < 1.29 is 28.6 Å². The van der Waals surface area contributed by atoms with Crippen LogP contribution in [0.2, 0.25) is 0 Å². The highest BCUT2D eigenvalue weighted by molar-refractivity contribution is 14.1. The van der Waals surface area contributed by atoms with Crippen LogP contribution in [0.4, 0.5) is 0 Å². The minimum Gasteiger partial charge on any atom is -0.465 e. The van der Waals surface area contributed by atoms with Crippen LogP contribution in [0.15, 0.2) is 0 Å². The van der Waals surface area contributed by atoms with E-state index in [0.29, 0.717) is 31.8 Å². The molecule has 0 atom stereocenters. The fraction of sp³-hybridized carbons (Fsp3) is 0.719. The van der Waals surface area contributed by atoms with E-state index < -0.39 is 0 Å². The van der Waals surface area contributed by atoms with Gasteiger partial charge in [-0.25, -0.2) is 0 Å². The lowest BCUT2D eigenvalue weighted by Crippen LogP contribution is -2.40. The number of halogens is 1. The number of amides is 2. The Kier molecular flexibility index (Phi) is 11.2. The number of hydrogen-bond acceptors (Lipinski definition) is 8. The zero-order valence-corrected chi connectivity index (χ0v) is 29.0. The molecule has 0 unspecified atom stereocenters. The summed E-state index contributed by atoms with van der Waals surface area (Å²) in [5, 5.41) is 15.5. The summed E-state index contributed by atoms with van der Waals surface area (Å²) < 4.78 is 20.8.